The van der Waals surface area contributed by atoms with Crippen LogP contribution in [0.15, 0.2) is 60.7 Å². The van der Waals surface area contributed by atoms with Gasteiger partial charge in [0, 0.05) is 18.3 Å². The van der Waals surface area contributed by atoms with Crippen molar-refractivity contribution in [1.29, 1.82) is 0 Å². The summed E-state index contributed by atoms with van der Waals surface area (Å²) in [6.45, 7) is 5.52. The van der Waals surface area contributed by atoms with E-state index < -0.39 is 0 Å². The number of para-hydroxylation sites is 1. The summed E-state index contributed by atoms with van der Waals surface area (Å²) in [5.41, 5.74) is 5.46. The van der Waals surface area contributed by atoms with Gasteiger partial charge in [0.2, 0.25) is 5.91 Å². The molecule has 0 spiro atoms. The number of hydrogen-bond acceptors (Lipinski definition) is 4. The highest BCUT2D eigenvalue weighted by Crippen LogP contribution is 2.30. The summed E-state index contributed by atoms with van der Waals surface area (Å²) in [5, 5.41) is 8.96. The largest absolute Gasteiger partial charge is 0.495 e. The van der Waals surface area contributed by atoms with Crippen LogP contribution in [0, 0.1) is 13.8 Å². The van der Waals surface area contributed by atoms with Crippen molar-refractivity contribution >= 4 is 34.6 Å². The van der Waals surface area contributed by atoms with E-state index in [2.05, 4.69) is 16.0 Å². The lowest BCUT2D eigenvalue weighted by atomic mass is 10.1. The van der Waals surface area contributed by atoms with Gasteiger partial charge in [0.25, 0.3) is 5.91 Å². The summed E-state index contributed by atoms with van der Waals surface area (Å²) in [5.74, 6) is 0.0135. The quantitative estimate of drug-likeness (QED) is 0.524. The third kappa shape index (κ3) is 4.78. The van der Waals surface area contributed by atoms with E-state index in [0.29, 0.717) is 28.4 Å². The van der Waals surface area contributed by atoms with Gasteiger partial charge in [-0.1, -0.05) is 24.3 Å². The maximum Gasteiger partial charge on any atom is 0.257 e. The SMILES string of the molecule is COc1ccc(NC(C)=O)cc1NC(=O)c1ccccc1Nc1cccc(C)c1C. The molecule has 3 N–H and O–H groups in total. The van der Waals surface area contributed by atoms with Crippen molar-refractivity contribution in [3.05, 3.63) is 77.4 Å². The van der Waals surface area contributed by atoms with Crippen LogP contribution in [0.5, 0.6) is 5.75 Å². The molecule has 0 unspecified atom stereocenters. The Labute approximate surface area is 176 Å². The van der Waals surface area contributed by atoms with Crippen molar-refractivity contribution < 1.29 is 14.3 Å². The molecule has 0 saturated carbocycles. The van der Waals surface area contributed by atoms with Gasteiger partial charge in [-0.3, -0.25) is 9.59 Å². The first-order valence-corrected chi connectivity index (χ1v) is 9.58. The van der Waals surface area contributed by atoms with Crippen molar-refractivity contribution in [1.82, 2.24) is 0 Å². The zero-order valence-electron chi connectivity index (χ0n) is 17.5. The summed E-state index contributed by atoms with van der Waals surface area (Å²) in [7, 11) is 1.53. The molecule has 0 aliphatic carbocycles. The van der Waals surface area contributed by atoms with Crippen molar-refractivity contribution in [2.45, 2.75) is 20.8 Å². The third-order valence-corrected chi connectivity index (χ3v) is 4.81. The van der Waals surface area contributed by atoms with Crippen molar-refractivity contribution in [3.63, 3.8) is 0 Å². The number of amides is 2. The van der Waals surface area contributed by atoms with Crippen molar-refractivity contribution in [3.8, 4) is 5.75 Å². The highest BCUT2D eigenvalue weighted by Gasteiger charge is 2.15. The number of rotatable bonds is 6. The van der Waals surface area contributed by atoms with Crippen molar-refractivity contribution in [2.24, 2.45) is 0 Å². The molecule has 6 heteroatoms. The maximum atomic E-state index is 13.1. The number of nitrogens with one attached hydrogen (secondary N) is 3. The summed E-state index contributed by atoms with van der Waals surface area (Å²) < 4.78 is 5.35. The van der Waals surface area contributed by atoms with Gasteiger partial charge < -0.3 is 20.7 Å². The van der Waals surface area contributed by atoms with Crippen LogP contribution < -0.4 is 20.7 Å². The van der Waals surface area contributed by atoms with Crippen LogP contribution in [0.3, 0.4) is 0 Å². The molecule has 0 aliphatic heterocycles. The first-order chi connectivity index (χ1) is 14.4. The summed E-state index contributed by atoms with van der Waals surface area (Å²) in [4.78, 5) is 24.4. The third-order valence-electron chi connectivity index (χ3n) is 4.81. The van der Waals surface area contributed by atoms with Gasteiger partial charge >= 0.3 is 0 Å². The molecule has 6 nitrogen and oxygen atoms in total. The Kier molecular flexibility index (Phi) is 6.37. The second-order valence-corrected chi connectivity index (χ2v) is 6.97. The second-order valence-electron chi connectivity index (χ2n) is 6.97. The van der Waals surface area contributed by atoms with E-state index in [1.165, 1.54) is 19.6 Å². The predicted molar refractivity (Wildman–Crippen MR) is 121 cm³/mol. The number of anilines is 4. The van der Waals surface area contributed by atoms with Crippen molar-refractivity contribution in [2.75, 3.05) is 23.1 Å². The number of carbonyl (C=O) groups is 2. The first-order valence-electron chi connectivity index (χ1n) is 9.58. The van der Waals surface area contributed by atoms with Crippen LogP contribution in [-0.4, -0.2) is 18.9 Å². The Balaban J connectivity index is 1.90. The fourth-order valence-electron chi connectivity index (χ4n) is 3.10. The molecular weight excluding hydrogens is 378 g/mol. The van der Waals surface area contributed by atoms with Crippen LogP contribution in [0.4, 0.5) is 22.7 Å². The van der Waals surface area contributed by atoms with E-state index >= 15 is 0 Å². The molecular formula is C24H25N3O3. The fraction of sp³-hybridized carbons (Fsp3) is 0.167. The van der Waals surface area contributed by atoms with Gasteiger partial charge in [-0.2, -0.15) is 0 Å². The Hall–Kier alpha value is -3.80. The normalized spacial score (nSPS) is 10.3. The number of hydrogen-bond donors (Lipinski definition) is 3. The van der Waals surface area contributed by atoms with Gasteiger partial charge in [-0.25, -0.2) is 0 Å². The summed E-state index contributed by atoms with van der Waals surface area (Å²) in [6, 6.07) is 18.4. The maximum absolute atomic E-state index is 13.1. The van der Waals surface area contributed by atoms with Crippen LogP contribution in [-0.2, 0) is 4.79 Å². The van der Waals surface area contributed by atoms with E-state index in [-0.39, 0.29) is 11.8 Å². The lowest BCUT2D eigenvalue weighted by Crippen LogP contribution is -2.15. The minimum atomic E-state index is -0.290. The predicted octanol–water partition coefficient (Wildman–Crippen LogP) is 5.27. The van der Waals surface area contributed by atoms with E-state index in [4.69, 9.17) is 4.74 Å². The molecule has 0 saturated heterocycles. The molecule has 0 atom stereocenters. The molecule has 30 heavy (non-hydrogen) atoms. The van der Waals surface area contributed by atoms with Crippen LogP contribution in [0.1, 0.15) is 28.4 Å². The zero-order valence-corrected chi connectivity index (χ0v) is 17.5. The summed E-state index contributed by atoms with van der Waals surface area (Å²) in [6.07, 6.45) is 0. The zero-order chi connectivity index (χ0) is 21.7. The lowest BCUT2D eigenvalue weighted by molar-refractivity contribution is -0.114. The molecule has 0 aliphatic rings. The molecule has 0 fully saturated rings. The average molecular weight is 403 g/mol. The van der Waals surface area contributed by atoms with Crippen LogP contribution in [0.25, 0.3) is 0 Å². The minimum Gasteiger partial charge on any atom is -0.495 e. The van der Waals surface area contributed by atoms with E-state index in [0.717, 1.165) is 11.3 Å². The van der Waals surface area contributed by atoms with Gasteiger partial charge in [0.15, 0.2) is 0 Å². The van der Waals surface area contributed by atoms with Gasteiger partial charge in [-0.05, 0) is 61.4 Å². The molecule has 3 rings (SSSR count). The molecule has 154 valence electrons. The average Bonchev–Trinajstić information content (AvgIpc) is 2.71. The first kappa shape index (κ1) is 20.9. The Morgan fingerprint density at radius 3 is 2.30 bits per heavy atom. The van der Waals surface area contributed by atoms with Crippen LogP contribution >= 0.6 is 0 Å². The van der Waals surface area contributed by atoms with E-state index in [1.54, 1.807) is 24.3 Å². The molecule has 0 aromatic heterocycles. The summed E-state index contributed by atoms with van der Waals surface area (Å²) >= 11 is 0. The van der Waals surface area contributed by atoms with Gasteiger partial charge in [0.05, 0.1) is 24.0 Å². The van der Waals surface area contributed by atoms with Gasteiger partial charge in [-0.15, -0.1) is 0 Å². The molecule has 2 amide bonds. The highest BCUT2D eigenvalue weighted by molar-refractivity contribution is 6.09. The molecule has 0 heterocycles. The number of methoxy groups -OCH3 is 1. The van der Waals surface area contributed by atoms with Crippen LogP contribution in [0.2, 0.25) is 0 Å². The molecule has 0 bridgehead atoms. The Bertz CT molecular complexity index is 1090. The standard InChI is InChI=1S/C24H25N3O3/c1-15-8-7-11-20(16(15)2)26-21-10-6-5-9-19(21)24(29)27-22-14-18(25-17(3)28)12-13-23(22)30-4/h5-14,26H,1-4H3,(H,25,28)(H,27,29). The van der Waals surface area contributed by atoms with E-state index in [1.807, 2.05) is 50.2 Å². The smallest absolute Gasteiger partial charge is 0.257 e. The number of aryl methyl sites for hydroxylation is 1. The van der Waals surface area contributed by atoms with Gasteiger partial charge in [0.1, 0.15) is 5.75 Å². The molecule has 3 aromatic rings. The topological polar surface area (TPSA) is 79.5 Å². The molecule has 3 aromatic carbocycles. The number of ether oxygens (including phenoxy) is 1. The lowest BCUT2D eigenvalue weighted by Gasteiger charge is -2.16. The monoisotopic (exact) mass is 403 g/mol. The molecule has 0 radical (unpaired) electrons. The number of benzene rings is 3. The highest BCUT2D eigenvalue weighted by atomic mass is 16.5. The Morgan fingerprint density at radius 2 is 1.57 bits per heavy atom. The van der Waals surface area contributed by atoms with E-state index in [9.17, 15) is 9.59 Å². The minimum absolute atomic E-state index is 0.194. The second kappa shape index (κ2) is 9.13. The fourth-order valence-corrected chi connectivity index (χ4v) is 3.10. The Morgan fingerprint density at radius 1 is 0.833 bits per heavy atom. The number of carbonyl (C=O) groups excluding carboxylic acids is 2.